The molecule has 0 aromatic heterocycles. The lowest BCUT2D eigenvalue weighted by Gasteiger charge is -2.21. The minimum Gasteiger partial charge on any atom is -0.343 e. The summed E-state index contributed by atoms with van der Waals surface area (Å²) < 4.78 is 26.5. The SMILES string of the molecule is CCN1CC(CN(C)S(=O)(=O)c2ccc(SC)cc2)CC1=O. The molecule has 1 fully saturated rings. The molecular formula is C15H22N2O3S2. The number of hydrogen-bond donors (Lipinski definition) is 0. The smallest absolute Gasteiger partial charge is 0.242 e. The molecule has 0 radical (unpaired) electrons. The topological polar surface area (TPSA) is 57.7 Å². The summed E-state index contributed by atoms with van der Waals surface area (Å²) in [4.78, 5) is 14.8. The summed E-state index contributed by atoms with van der Waals surface area (Å²) in [6.07, 6.45) is 2.38. The maximum Gasteiger partial charge on any atom is 0.242 e. The zero-order chi connectivity index (χ0) is 16.3. The minimum atomic E-state index is -3.50. The van der Waals surface area contributed by atoms with Crippen LogP contribution in [-0.2, 0) is 14.8 Å². The van der Waals surface area contributed by atoms with Gasteiger partial charge in [-0.15, -0.1) is 11.8 Å². The van der Waals surface area contributed by atoms with Gasteiger partial charge in [0, 0.05) is 38.0 Å². The molecule has 1 aromatic carbocycles. The Hall–Kier alpha value is -1.05. The van der Waals surface area contributed by atoms with Gasteiger partial charge in [-0.3, -0.25) is 4.79 Å². The van der Waals surface area contributed by atoms with Crippen LogP contribution in [0.5, 0.6) is 0 Å². The number of rotatable bonds is 6. The van der Waals surface area contributed by atoms with Crippen LogP contribution >= 0.6 is 11.8 Å². The molecule has 0 bridgehead atoms. The van der Waals surface area contributed by atoms with Gasteiger partial charge in [0.05, 0.1) is 4.90 Å². The molecule has 2 rings (SSSR count). The Labute approximate surface area is 136 Å². The second-order valence-corrected chi connectivity index (χ2v) is 8.39. The molecule has 5 nitrogen and oxygen atoms in total. The molecule has 1 atom stereocenters. The molecular weight excluding hydrogens is 320 g/mol. The Morgan fingerprint density at radius 2 is 1.95 bits per heavy atom. The summed E-state index contributed by atoms with van der Waals surface area (Å²) >= 11 is 1.57. The van der Waals surface area contributed by atoms with E-state index in [1.54, 1.807) is 35.8 Å². The second-order valence-electron chi connectivity index (χ2n) is 5.46. The molecule has 7 heteroatoms. The number of likely N-dealkylation sites (tertiary alicyclic amines) is 1. The molecule has 22 heavy (non-hydrogen) atoms. The van der Waals surface area contributed by atoms with E-state index in [0.29, 0.717) is 31.0 Å². The average Bonchev–Trinajstić information content (AvgIpc) is 2.86. The number of thioether (sulfide) groups is 1. The summed E-state index contributed by atoms with van der Waals surface area (Å²) in [6.45, 7) is 3.63. The Kier molecular flexibility index (Phi) is 5.52. The van der Waals surface area contributed by atoms with E-state index in [1.807, 2.05) is 25.3 Å². The third kappa shape index (κ3) is 3.64. The van der Waals surface area contributed by atoms with Gasteiger partial charge in [-0.1, -0.05) is 0 Å². The van der Waals surface area contributed by atoms with Crippen molar-refractivity contribution in [3.05, 3.63) is 24.3 Å². The van der Waals surface area contributed by atoms with E-state index in [0.717, 1.165) is 4.90 Å². The first-order valence-electron chi connectivity index (χ1n) is 7.26. The maximum absolute atomic E-state index is 12.6. The molecule has 0 aliphatic carbocycles. The number of carbonyl (C=O) groups excluding carboxylic acids is 1. The van der Waals surface area contributed by atoms with E-state index >= 15 is 0 Å². The van der Waals surface area contributed by atoms with Crippen molar-refractivity contribution in [1.82, 2.24) is 9.21 Å². The lowest BCUT2D eigenvalue weighted by atomic mass is 10.1. The van der Waals surface area contributed by atoms with Crippen LogP contribution in [0.3, 0.4) is 0 Å². The number of amides is 1. The van der Waals surface area contributed by atoms with Gasteiger partial charge in [0.15, 0.2) is 0 Å². The van der Waals surface area contributed by atoms with Crippen LogP contribution < -0.4 is 0 Å². The summed E-state index contributed by atoms with van der Waals surface area (Å²) in [6, 6.07) is 6.89. The van der Waals surface area contributed by atoms with Crippen LogP contribution in [0.1, 0.15) is 13.3 Å². The van der Waals surface area contributed by atoms with E-state index < -0.39 is 10.0 Å². The van der Waals surface area contributed by atoms with Gasteiger partial charge in [-0.2, -0.15) is 0 Å². The maximum atomic E-state index is 12.6. The largest absolute Gasteiger partial charge is 0.343 e. The van der Waals surface area contributed by atoms with E-state index in [1.165, 1.54) is 4.31 Å². The molecule has 1 aromatic rings. The van der Waals surface area contributed by atoms with Gasteiger partial charge in [0.2, 0.25) is 15.9 Å². The van der Waals surface area contributed by atoms with Crippen molar-refractivity contribution in [2.24, 2.45) is 5.92 Å². The van der Waals surface area contributed by atoms with Crippen LogP contribution in [0.2, 0.25) is 0 Å². The van der Waals surface area contributed by atoms with Crippen LogP contribution in [-0.4, -0.2) is 56.5 Å². The molecule has 1 heterocycles. The van der Waals surface area contributed by atoms with Crippen molar-refractivity contribution >= 4 is 27.7 Å². The zero-order valence-corrected chi connectivity index (χ0v) is 14.8. The normalized spacial score (nSPS) is 19.2. The number of hydrogen-bond acceptors (Lipinski definition) is 4. The van der Waals surface area contributed by atoms with Crippen molar-refractivity contribution in [2.75, 3.05) is 32.9 Å². The molecule has 1 saturated heterocycles. The van der Waals surface area contributed by atoms with Crippen LogP contribution in [0.15, 0.2) is 34.1 Å². The molecule has 1 amide bonds. The summed E-state index contributed by atoms with van der Waals surface area (Å²) in [5.41, 5.74) is 0. The van der Waals surface area contributed by atoms with Crippen molar-refractivity contribution in [1.29, 1.82) is 0 Å². The van der Waals surface area contributed by atoms with Crippen LogP contribution in [0.25, 0.3) is 0 Å². The number of benzene rings is 1. The van der Waals surface area contributed by atoms with E-state index in [2.05, 4.69) is 0 Å². The Bertz CT molecular complexity index is 629. The van der Waals surface area contributed by atoms with Crippen molar-refractivity contribution in [3.63, 3.8) is 0 Å². The first kappa shape index (κ1) is 17.3. The highest BCUT2D eigenvalue weighted by molar-refractivity contribution is 7.98. The van der Waals surface area contributed by atoms with E-state index in [4.69, 9.17) is 0 Å². The quantitative estimate of drug-likeness (QED) is 0.741. The highest BCUT2D eigenvalue weighted by Gasteiger charge is 2.32. The van der Waals surface area contributed by atoms with Gasteiger partial charge < -0.3 is 4.90 Å². The molecule has 0 N–H and O–H groups in total. The fourth-order valence-electron chi connectivity index (χ4n) is 2.67. The van der Waals surface area contributed by atoms with Gasteiger partial charge in [0.25, 0.3) is 0 Å². The van der Waals surface area contributed by atoms with Gasteiger partial charge in [0.1, 0.15) is 0 Å². The monoisotopic (exact) mass is 342 g/mol. The number of nitrogens with zero attached hydrogens (tertiary/aromatic N) is 2. The lowest BCUT2D eigenvalue weighted by molar-refractivity contribution is -0.127. The molecule has 0 spiro atoms. The summed E-state index contributed by atoms with van der Waals surface area (Å²) in [5.74, 6) is 0.181. The predicted molar refractivity (Wildman–Crippen MR) is 88.4 cm³/mol. The van der Waals surface area contributed by atoms with Crippen molar-refractivity contribution in [2.45, 2.75) is 23.1 Å². The minimum absolute atomic E-state index is 0.0673. The Balaban J connectivity index is 2.07. The molecule has 0 saturated carbocycles. The van der Waals surface area contributed by atoms with E-state index in [9.17, 15) is 13.2 Å². The second kappa shape index (κ2) is 7.02. The summed E-state index contributed by atoms with van der Waals surface area (Å²) in [5, 5.41) is 0. The first-order chi connectivity index (χ1) is 10.4. The average molecular weight is 342 g/mol. The fourth-order valence-corrected chi connectivity index (χ4v) is 4.33. The van der Waals surface area contributed by atoms with Crippen LogP contribution in [0.4, 0.5) is 0 Å². The third-order valence-corrected chi connectivity index (χ3v) is 6.54. The first-order valence-corrected chi connectivity index (χ1v) is 9.93. The van der Waals surface area contributed by atoms with Gasteiger partial charge >= 0.3 is 0 Å². The Morgan fingerprint density at radius 3 is 2.45 bits per heavy atom. The highest BCUT2D eigenvalue weighted by Crippen LogP contribution is 2.23. The zero-order valence-electron chi connectivity index (χ0n) is 13.2. The number of sulfonamides is 1. The summed E-state index contributed by atoms with van der Waals surface area (Å²) in [7, 11) is -1.92. The van der Waals surface area contributed by atoms with Crippen LogP contribution in [0, 0.1) is 5.92 Å². The van der Waals surface area contributed by atoms with Crippen molar-refractivity contribution in [3.8, 4) is 0 Å². The standard InChI is InChI=1S/C15H22N2O3S2/c1-4-17-11-12(9-15(17)18)10-16(2)22(19,20)14-7-5-13(21-3)6-8-14/h5-8,12H,4,9-11H2,1-3H3. The fraction of sp³-hybridized carbons (Fsp3) is 0.533. The molecule has 1 aliphatic rings. The predicted octanol–water partition coefficient (Wildman–Crippen LogP) is 1.90. The number of carbonyl (C=O) groups is 1. The van der Waals surface area contributed by atoms with Gasteiger partial charge in [-0.25, -0.2) is 12.7 Å². The van der Waals surface area contributed by atoms with Gasteiger partial charge in [-0.05, 0) is 43.4 Å². The Morgan fingerprint density at radius 1 is 1.32 bits per heavy atom. The molecule has 1 aliphatic heterocycles. The van der Waals surface area contributed by atoms with Crippen molar-refractivity contribution < 1.29 is 13.2 Å². The third-order valence-electron chi connectivity index (χ3n) is 3.96. The highest BCUT2D eigenvalue weighted by atomic mass is 32.2. The molecule has 122 valence electrons. The lowest BCUT2D eigenvalue weighted by Crippen LogP contribution is -2.33. The molecule has 1 unspecified atom stereocenters. The van der Waals surface area contributed by atoms with E-state index in [-0.39, 0.29) is 11.8 Å².